The molecule has 0 saturated heterocycles. The fourth-order valence-electron chi connectivity index (χ4n) is 2.37. The maximum atomic E-state index is 12.4. The van der Waals surface area contributed by atoms with E-state index in [1.807, 2.05) is 0 Å². The minimum Gasteiger partial charge on any atom is -0.322 e. The molecule has 2 aromatic rings. The van der Waals surface area contributed by atoms with Crippen molar-refractivity contribution in [3.8, 4) is 0 Å². The Morgan fingerprint density at radius 3 is 2.91 bits per heavy atom. The molecule has 1 aliphatic rings. The molecular weight excluding hydrogens is 304 g/mol. The van der Waals surface area contributed by atoms with E-state index in [2.05, 4.69) is 15.3 Å². The van der Waals surface area contributed by atoms with Crippen LogP contribution in [0.25, 0.3) is 0 Å². The van der Waals surface area contributed by atoms with Gasteiger partial charge in [-0.1, -0.05) is 17.7 Å². The van der Waals surface area contributed by atoms with Gasteiger partial charge in [0.05, 0.1) is 6.20 Å². The number of hydrogen-bond donors (Lipinski definition) is 1. The number of carbonyl (C=O) groups is 2. The molecule has 0 fully saturated rings. The standard InChI is InChI=1S/C15H13ClN4O2/c1-9(14(21)19-13-7-17-5-6-18-13)20-8-11-10(15(20)22)3-2-4-12(11)16/h2-7,9H,8H2,1H3,(H,18,19,21). The monoisotopic (exact) mass is 316 g/mol. The Morgan fingerprint density at radius 2 is 2.23 bits per heavy atom. The first-order chi connectivity index (χ1) is 10.6. The van der Waals surface area contributed by atoms with E-state index in [9.17, 15) is 9.59 Å². The van der Waals surface area contributed by atoms with Gasteiger partial charge in [-0.25, -0.2) is 4.98 Å². The van der Waals surface area contributed by atoms with Crippen molar-refractivity contribution in [2.45, 2.75) is 19.5 Å². The number of nitrogens with one attached hydrogen (secondary N) is 1. The van der Waals surface area contributed by atoms with Crippen molar-refractivity contribution in [3.05, 3.63) is 52.9 Å². The highest BCUT2D eigenvalue weighted by Gasteiger charge is 2.34. The minimum absolute atomic E-state index is 0.195. The topological polar surface area (TPSA) is 75.2 Å². The molecule has 0 spiro atoms. The fourth-order valence-corrected chi connectivity index (χ4v) is 2.60. The molecule has 1 atom stereocenters. The van der Waals surface area contributed by atoms with Crippen LogP contribution in [0.1, 0.15) is 22.8 Å². The second kappa shape index (κ2) is 5.73. The van der Waals surface area contributed by atoms with Crippen LogP contribution in [0, 0.1) is 0 Å². The zero-order valence-corrected chi connectivity index (χ0v) is 12.5. The van der Waals surface area contributed by atoms with Crippen LogP contribution in [0.4, 0.5) is 5.82 Å². The van der Waals surface area contributed by atoms with Gasteiger partial charge in [-0.3, -0.25) is 14.6 Å². The Bertz CT molecular complexity index is 736. The zero-order valence-electron chi connectivity index (χ0n) is 11.8. The summed E-state index contributed by atoms with van der Waals surface area (Å²) in [5.41, 5.74) is 1.31. The van der Waals surface area contributed by atoms with E-state index < -0.39 is 6.04 Å². The Labute approximate surface area is 132 Å². The van der Waals surface area contributed by atoms with E-state index in [-0.39, 0.29) is 11.8 Å². The molecule has 3 rings (SSSR count). The van der Waals surface area contributed by atoms with Crippen LogP contribution in [0.15, 0.2) is 36.8 Å². The average molecular weight is 317 g/mol. The van der Waals surface area contributed by atoms with Crippen molar-refractivity contribution in [1.82, 2.24) is 14.9 Å². The molecule has 2 heterocycles. The molecule has 2 amide bonds. The first-order valence-electron chi connectivity index (χ1n) is 6.73. The van der Waals surface area contributed by atoms with Gasteiger partial charge in [0.25, 0.3) is 5.91 Å². The fraction of sp³-hybridized carbons (Fsp3) is 0.200. The quantitative estimate of drug-likeness (QED) is 0.941. The highest BCUT2D eigenvalue weighted by atomic mass is 35.5. The van der Waals surface area contributed by atoms with E-state index >= 15 is 0 Å². The number of anilines is 1. The molecule has 112 valence electrons. The van der Waals surface area contributed by atoms with Gasteiger partial charge in [0, 0.05) is 35.1 Å². The third kappa shape index (κ3) is 2.53. The van der Waals surface area contributed by atoms with Crippen LogP contribution in [0.5, 0.6) is 0 Å². The predicted octanol–water partition coefficient (Wildman–Crippen LogP) is 2.11. The van der Waals surface area contributed by atoms with E-state index in [1.165, 1.54) is 23.5 Å². The maximum absolute atomic E-state index is 12.4. The van der Waals surface area contributed by atoms with Gasteiger partial charge in [0.15, 0.2) is 5.82 Å². The first-order valence-corrected chi connectivity index (χ1v) is 7.11. The SMILES string of the molecule is CC(C(=O)Nc1cnccn1)N1Cc2c(Cl)cccc2C1=O. The van der Waals surface area contributed by atoms with Gasteiger partial charge >= 0.3 is 0 Å². The van der Waals surface area contributed by atoms with E-state index in [1.54, 1.807) is 25.1 Å². The number of amides is 2. The number of benzene rings is 1. The van der Waals surface area contributed by atoms with Crippen molar-refractivity contribution in [2.24, 2.45) is 0 Å². The van der Waals surface area contributed by atoms with Gasteiger partial charge in [0.2, 0.25) is 5.91 Å². The number of aromatic nitrogens is 2. The summed E-state index contributed by atoms with van der Waals surface area (Å²) in [5, 5.41) is 3.18. The molecule has 6 nitrogen and oxygen atoms in total. The van der Waals surface area contributed by atoms with Crippen molar-refractivity contribution in [3.63, 3.8) is 0 Å². The molecule has 0 saturated carbocycles. The smallest absolute Gasteiger partial charge is 0.255 e. The lowest BCUT2D eigenvalue weighted by atomic mass is 10.1. The third-order valence-corrected chi connectivity index (χ3v) is 3.95. The second-order valence-corrected chi connectivity index (χ2v) is 5.36. The summed E-state index contributed by atoms with van der Waals surface area (Å²) >= 11 is 6.12. The molecule has 1 aliphatic heterocycles. The average Bonchev–Trinajstić information content (AvgIpc) is 2.86. The van der Waals surface area contributed by atoms with Gasteiger partial charge in [-0.05, 0) is 19.1 Å². The Kier molecular flexibility index (Phi) is 3.77. The minimum atomic E-state index is -0.641. The van der Waals surface area contributed by atoms with Crippen molar-refractivity contribution in [2.75, 3.05) is 5.32 Å². The highest BCUT2D eigenvalue weighted by molar-refractivity contribution is 6.32. The van der Waals surface area contributed by atoms with Crippen LogP contribution in [0.3, 0.4) is 0 Å². The highest BCUT2D eigenvalue weighted by Crippen LogP contribution is 2.30. The normalized spacial score (nSPS) is 14.6. The summed E-state index contributed by atoms with van der Waals surface area (Å²) in [7, 11) is 0. The number of carbonyl (C=O) groups excluding carboxylic acids is 2. The Morgan fingerprint density at radius 1 is 1.41 bits per heavy atom. The predicted molar refractivity (Wildman–Crippen MR) is 81.4 cm³/mol. The molecule has 1 aromatic carbocycles. The molecule has 1 aromatic heterocycles. The van der Waals surface area contributed by atoms with Crippen LogP contribution < -0.4 is 5.32 Å². The maximum Gasteiger partial charge on any atom is 0.255 e. The lowest BCUT2D eigenvalue weighted by molar-refractivity contribution is -0.120. The van der Waals surface area contributed by atoms with E-state index in [0.29, 0.717) is 22.9 Å². The summed E-state index contributed by atoms with van der Waals surface area (Å²) in [4.78, 5) is 34.0. The van der Waals surface area contributed by atoms with Gasteiger partial charge in [0.1, 0.15) is 6.04 Å². The van der Waals surface area contributed by atoms with Crippen molar-refractivity contribution >= 4 is 29.2 Å². The molecule has 1 unspecified atom stereocenters. The van der Waals surface area contributed by atoms with Gasteiger partial charge in [-0.15, -0.1) is 0 Å². The number of halogens is 1. The number of rotatable bonds is 3. The molecule has 1 N–H and O–H groups in total. The molecule has 0 bridgehead atoms. The van der Waals surface area contributed by atoms with Gasteiger partial charge < -0.3 is 10.2 Å². The summed E-state index contributed by atoms with van der Waals surface area (Å²) in [5.74, 6) is -0.168. The van der Waals surface area contributed by atoms with Crippen LogP contribution >= 0.6 is 11.6 Å². The summed E-state index contributed by atoms with van der Waals surface area (Å²) in [6.45, 7) is 1.99. The molecule has 22 heavy (non-hydrogen) atoms. The molecule has 7 heteroatoms. The Balaban J connectivity index is 1.77. The Hall–Kier alpha value is -2.47. The van der Waals surface area contributed by atoms with E-state index in [4.69, 9.17) is 11.6 Å². The molecular formula is C15H13ClN4O2. The van der Waals surface area contributed by atoms with Crippen molar-refractivity contribution in [1.29, 1.82) is 0 Å². The third-order valence-electron chi connectivity index (χ3n) is 3.60. The summed E-state index contributed by atoms with van der Waals surface area (Å²) in [6.07, 6.45) is 4.45. The van der Waals surface area contributed by atoms with Crippen LogP contribution in [-0.4, -0.2) is 32.7 Å². The summed E-state index contributed by atoms with van der Waals surface area (Å²) < 4.78 is 0. The molecule has 0 radical (unpaired) electrons. The first kappa shape index (κ1) is 14.5. The van der Waals surface area contributed by atoms with Crippen LogP contribution in [-0.2, 0) is 11.3 Å². The number of hydrogen-bond acceptors (Lipinski definition) is 4. The van der Waals surface area contributed by atoms with E-state index in [0.717, 1.165) is 5.56 Å². The summed E-state index contributed by atoms with van der Waals surface area (Å²) in [6, 6.07) is 4.54. The number of nitrogens with zero attached hydrogens (tertiary/aromatic N) is 3. The lowest BCUT2D eigenvalue weighted by Crippen LogP contribution is -2.42. The molecule has 0 aliphatic carbocycles. The van der Waals surface area contributed by atoms with Crippen LogP contribution in [0.2, 0.25) is 5.02 Å². The van der Waals surface area contributed by atoms with Gasteiger partial charge in [-0.2, -0.15) is 0 Å². The lowest BCUT2D eigenvalue weighted by Gasteiger charge is -2.23. The number of fused-ring (bicyclic) bond motifs is 1. The zero-order chi connectivity index (χ0) is 15.7. The largest absolute Gasteiger partial charge is 0.322 e. The second-order valence-electron chi connectivity index (χ2n) is 4.95. The van der Waals surface area contributed by atoms with Crippen molar-refractivity contribution < 1.29 is 9.59 Å².